The van der Waals surface area contributed by atoms with E-state index < -0.39 is 58.5 Å². The van der Waals surface area contributed by atoms with Crippen LogP contribution in [0.2, 0.25) is 0 Å². The van der Waals surface area contributed by atoms with Gasteiger partial charge in [-0.25, -0.2) is 8.78 Å². The number of ether oxygens (including phenoxy) is 1. The van der Waals surface area contributed by atoms with Crippen LogP contribution in [0.1, 0.15) is 12.8 Å². The predicted octanol–water partition coefficient (Wildman–Crippen LogP) is 1.56. The number of likely N-dealkylation sites (tertiary alicyclic amines) is 1. The van der Waals surface area contributed by atoms with E-state index in [0.717, 1.165) is 6.08 Å². The van der Waals surface area contributed by atoms with Crippen molar-refractivity contribution in [1.82, 2.24) is 4.90 Å². The molecule has 0 saturated carbocycles. The minimum Gasteiger partial charge on any atom is -0.491 e. The van der Waals surface area contributed by atoms with Crippen molar-refractivity contribution in [2.24, 2.45) is 0 Å². The molecule has 1 saturated heterocycles. The Morgan fingerprint density at radius 1 is 1.33 bits per heavy atom. The number of alkyl halides is 4. The van der Waals surface area contributed by atoms with E-state index >= 15 is 0 Å². The number of fused-ring (bicyclic) bond motifs is 2. The Kier molecular flexibility index (Phi) is 4.46. The van der Waals surface area contributed by atoms with Gasteiger partial charge in [0.15, 0.2) is 6.61 Å². The highest BCUT2D eigenvalue weighted by molar-refractivity contribution is 5.21. The number of rotatable bonds is 6. The van der Waals surface area contributed by atoms with E-state index in [-0.39, 0.29) is 13.1 Å². The van der Waals surface area contributed by atoms with E-state index in [0.29, 0.717) is 0 Å². The van der Waals surface area contributed by atoms with E-state index in [1.54, 1.807) is 0 Å². The third-order valence-corrected chi connectivity index (χ3v) is 4.20. The van der Waals surface area contributed by atoms with Crippen LogP contribution in [0.4, 0.5) is 17.6 Å². The quantitative estimate of drug-likeness (QED) is 0.406. The highest BCUT2D eigenvalue weighted by Gasteiger charge is 2.64. The lowest BCUT2D eigenvalue weighted by Gasteiger charge is -2.43. The van der Waals surface area contributed by atoms with Crippen LogP contribution in [0.5, 0.6) is 0 Å². The Hall–Kier alpha value is -1.98. The van der Waals surface area contributed by atoms with Gasteiger partial charge in [-0.3, -0.25) is 25.1 Å². The Labute approximate surface area is 133 Å². The zero-order chi connectivity index (χ0) is 18.3. The zero-order valence-corrected chi connectivity index (χ0v) is 12.6. The summed E-state index contributed by atoms with van der Waals surface area (Å²) in [7, 11) is 1.47. The van der Waals surface area contributed by atoms with Gasteiger partial charge in [0, 0.05) is 15.9 Å². The third-order valence-electron chi connectivity index (χ3n) is 4.20. The first-order valence-corrected chi connectivity index (χ1v) is 6.91. The molecule has 1 fully saturated rings. The molecule has 8 nitrogen and oxygen atoms in total. The molecule has 2 bridgehead atoms. The van der Waals surface area contributed by atoms with Gasteiger partial charge < -0.3 is 4.74 Å². The van der Waals surface area contributed by atoms with Gasteiger partial charge in [-0.05, 0) is 7.05 Å². The fourth-order valence-electron chi connectivity index (χ4n) is 3.30. The second-order valence-corrected chi connectivity index (χ2v) is 6.33. The summed E-state index contributed by atoms with van der Waals surface area (Å²) >= 11 is 0. The number of hydrogen-bond acceptors (Lipinski definition) is 6. The Balaban J connectivity index is 2.34. The molecule has 0 amide bonds. The van der Waals surface area contributed by atoms with Crippen LogP contribution < -0.4 is 0 Å². The van der Waals surface area contributed by atoms with Crippen LogP contribution in [0, 0.1) is 20.2 Å². The van der Waals surface area contributed by atoms with E-state index in [4.69, 9.17) is 0 Å². The molecule has 24 heavy (non-hydrogen) atoms. The van der Waals surface area contributed by atoms with Gasteiger partial charge in [-0.15, -0.1) is 0 Å². The summed E-state index contributed by atoms with van der Waals surface area (Å²) in [5, 5.41) is 22.9. The van der Waals surface area contributed by atoms with Gasteiger partial charge in [-0.2, -0.15) is 8.78 Å². The molecule has 1 aliphatic carbocycles. The number of nitrogens with zero attached hydrogens (tertiary/aromatic N) is 3. The number of halogens is 4. The zero-order valence-electron chi connectivity index (χ0n) is 12.6. The van der Waals surface area contributed by atoms with Crippen LogP contribution in [0.15, 0.2) is 11.8 Å². The van der Waals surface area contributed by atoms with E-state index in [2.05, 4.69) is 4.74 Å². The molecule has 0 N–H and O–H groups in total. The summed E-state index contributed by atoms with van der Waals surface area (Å²) in [6.07, 6.45) is -3.92. The molecular formula is C12H15F4N3O5. The first-order valence-electron chi connectivity index (χ1n) is 6.91. The first kappa shape index (κ1) is 18.4. The Morgan fingerprint density at radius 3 is 2.46 bits per heavy atom. The summed E-state index contributed by atoms with van der Waals surface area (Å²) < 4.78 is 55.0. The minimum absolute atomic E-state index is 0.137. The van der Waals surface area contributed by atoms with Crippen LogP contribution >= 0.6 is 0 Å². The maximum absolute atomic E-state index is 13.0. The van der Waals surface area contributed by atoms with Crippen molar-refractivity contribution in [3.05, 3.63) is 32.1 Å². The predicted molar refractivity (Wildman–Crippen MR) is 71.2 cm³/mol. The van der Waals surface area contributed by atoms with Gasteiger partial charge in [-0.1, -0.05) is 0 Å². The summed E-state index contributed by atoms with van der Waals surface area (Å²) in [6, 6.07) is 0. The number of piperidine rings is 1. The van der Waals surface area contributed by atoms with Crippen molar-refractivity contribution >= 4 is 0 Å². The largest absolute Gasteiger partial charge is 0.491 e. The van der Waals surface area contributed by atoms with Crippen LogP contribution in [0.25, 0.3) is 0 Å². The summed E-state index contributed by atoms with van der Waals surface area (Å²) in [4.78, 5) is 22.9. The minimum atomic E-state index is -4.45. The molecule has 0 spiro atoms. The second-order valence-electron chi connectivity index (χ2n) is 6.33. The standard InChI is InChI=1S/C12H15F4N3O5/c1-17-5-10(18(20)21)2-8(24-7-12(15,16)9(13)14)3-11(4-10,6-17)19(22)23/h2,9H,3-7H2,1H3/t10-,11+/m1/s1. The molecule has 0 aromatic rings. The molecule has 2 aliphatic rings. The average molecular weight is 357 g/mol. The molecule has 136 valence electrons. The molecule has 1 aliphatic heterocycles. The van der Waals surface area contributed by atoms with Crippen LogP contribution in [-0.2, 0) is 4.74 Å². The van der Waals surface area contributed by atoms with Gasteiger partial charge in [0.05, 0.1) is 25.9 Å². The SMILES string of the molecule is CN1C[C@@]2([N+](=O)[O-])C=C(OCC(F)(F)C(F)F)C[C@@]([N+](=O)[O-])(C1)C2. The lowest BCUT2D eigenvalue weighted by molar-refractivity contribution is -0.620. The van der Waals surface area contributed by atoms with Gasteiger partial charge >= 0.3 is 12.3 Å². The maximum atomic E-state index is 13.0. The lowest BCUT2D eigenvalue weighted by Crippen LogP contribution is -2.65. The molecular weight excluding hydrogens is 342 g/mol. The van der Waals surface area contributed by atoms with Crippen LogP contribution in [0.3, 0.4) is 0 Å². The molecule has 0 radical (unpaired) electrons. The number of hydrogen-bond donors (Lipinski definition) is 0. The van der Waals surface area contributed by atoms with Crippen molar-refractivity contribution < 1.29 is 32.1 Å². The first-order chi connectivity index (χ1) is 10.9. The number of likely N-dealkylation sites (N-methyl/N-ethyl adjacent to an activating group) is 1. The topological polar surface area (TPSA) is 98.8 Å². The molecule has 1 heterocycles. The van der Waals surface area contributed by atoms with Crippen molar-refractivity contribution in [3.8, 4) is 0 Å². The number of nitro groups is 2. The lowest BCUT2D eigenvalue weighted by atomic mass is 9.71. The fraction of sp³-hybridized carbons (Fsp3) is 0.833. The summed E-state index contributed by atoms with van der Waals surface area (Å²) in [6.45, 7) is -2.01. The molecule has 0 aromatic carbocycles. The van der Waals surface area contributed by atoms with Crippen LogP contribution in [-0.4, -0.2) is 64.9 Å². The molecule has 0 aromatic heterocycles. The van der Waals surface area contributed by atoms with Crippen molar-refractivity contribution in [3.63, 3.8) is 0 Å². The highest BCUT2D eigenvalue weighted by Crippen LogP contribution is 2.43. The monoisotopic (exact) mass is 357 g/mol. The molecule has 2 rings (SSSR count). The van der Waals surface area contributed by atoms with Crippen molar-refractivity contribution in [1.29, 1.82) is 0 Å². The van der Waals surface area contributed by atoms with Gasteiger partial charge in [0.2, 0.25) is 5.54 Å². The van der Waals surface area contributed by atoms with Crippen molar-refractivity contribution in [2.75, 3.05) is 26.7 Å². The Bertz CT molecular complexity index is 587. The third kappa shape index (κ3) is 3.14. The fourth-order valence-corrected chi connectivity index (χ4v) is 3.30. The average Bonchev–Trinajstić information content (AvgIpc) is 2.43. The molecule has 2 atom stereocenters. The van der Waals surface area contributed by atoms with Crippen molar-refractivity contribution in [2.45, 2.75) is 36.3 Å². The Morgan fingerprint density at radius 2 is 1.96 bits per heavy atom. The summed E-state index contributed by atoms with van der Waals surface area (Å²) in [5.74, 6) is -4.88. The van der Waals surface area contributed by atoms with Gasteiger partial charge in [0.25, 0.3) is 5.54 Å². The maximum Gasteiger partial charge on any atom is 0.340 e. The highest BCUT2D eigenvalue weighted by atomic mass is 19.3. The van der Waals surface area contributed by atoms with E-state index in [1.165, 1.54) is 11.9 Å². The molecule has 12 heteroatoms. The smallest absolute Gasteiger partial charge is 0.340 e. The normalized spacial score (nSPS) is 30.8. The molecule has 0 unspecified atom stereocenters. The second kappa shape index (κ2) is 5.83. The van der Waals surface area contributed by atoms with E-state index in [9.17, 15) is 37.8 Å². The van der Waals surface area contributed by atoms with Gasteiger partial charge in [0.1, 0.15) is 5.76 Å². The summed E-state index contributed by atoms with van der Waals surface area (Å²) in [5.41, 5.74) is -3.67. The van der Waals surface area contributed by atoms with E-state index in [1.807, 2.05) is 0 Å².